The highest BCUT2D eigenvalue weighted by Crippen LogP contribution is 2.65. The first-order chi connectivity index (χ1) is 7.59. The Morgan fingerprint density at radius 2 is 2.25 bits per heavy atom. The van der Waals surface area contributed by atoms with E-state index < -0.39 is 5.72 Å². The van der Waals surface area contributed by atoms with Crippen molar-refractivity contribution in [2.75, 3.05) is 6.54 Å². The smallest absolute Gasteiger partial charge is 0.229 e. The molecule has 2 saturated carbocycles. The van der Waals surface area contributed by atoms with Gasteiger partial charge in [0.2, 0.25) is 5.91 Å². The van der Waals surface area contributed by atoms with E-state index in [2.05, 4.69) is 0 Å². The summed E-state index contributed by atoms with van der Waals surface area (Å²) < 4.78 is 5.96. The van der Waals surface area contributed by atoms with E-state index in [0.29, 0.717) is 12.5 Å². The minimum absolute atomic E-state index is 0.0362. The SMILES string of the molecule is CCN1C(=O)C2C3CC4C(OC1(C)C42)C3=O. The monoisotopic (exact) mass is 221 g/mol. The number of ether oxygens (including phenoxy) is 1. The third-order valence-electron chi connectivity index (χ3n) is 5.23. The Balaban J connectivity index is 1.91. The Kier molecular flexibility index (Phi) is 1.34. The number of rotatable bonds is 1. The van der Waals surface area contributed by atoms with Gasteiger partial charge in [-0.25, -0.2) is 0 Å². The molecule has 0 radical (unpaired) electrons. The van der Waals surface area contributed by atoms with Crippen LogP contribution in [0.3, 0.4) is 0 Å². The molecule has 0 N–H and O–H groups in total. The fourth-order valence-corrected chi connectivity index (χ4v) is 4.78. The van der Waals surface area contributed by atoms with Gasteiger partial charge in [0.05, 0.1) is 5.92 Å². The molecule has 2 aliphatic heterocycles. The van der Waals surface area contributed by atoms with Crippen molar-refractivity contribution in [2.45, 2.75) is 32.1 Å². The molecule has 86 valence electrons. The molecule has 4 rings (SSSR count). The summed E-state index contributed by atoms with van der Waals surface area (Å²) in [6.07, 6.45) is 0.677. The van der Waals surface area contributed by atoms with Crippen LogP contribution in [-0.4, -0.2) is 35.0 Å². The van der Waals surface area contributed by atoms with E-state index in [-0.39, 0.29) is 35.5 Å². The van der Waals surface area contributed by atoms with Crippen LogP contribution < -0.4 is 0 Å². The maximum absolute atomic E-state index is 12.3. The first-order valence-electron chi connectivity index (χ1n) is 6.12. The van der Waals surface area contributed by atoms with E-state index in [1.807, 2.05) is 18.7 Å². The summed E-state index contributed by atoms with van der Waals surface area (Å²) in [6.45, 7) is 4.66. The molecular weight excluding hydrogens is 206 g/mol. The lowest BCUT2D eigenvalue weighted by atomic mass is 9.78. The summed E-state index contributed by atoms with van der Waals surface area (Å²) in [7, 11) is 0. The molecule has 2 aliphatic carbocycles. The van der Waals surface area contributed by atoms with Gasteiger partial charge in [0.25, 0.3) is 0 Å². The van der Waals surface area contributed by atoms with E-state index in [1.54, 1.807) is 0 Å². The molecule has 4 aliphatic rings. The minimum atomic E-state index is -0.493. The van der Waals surface area contributed by atoms with E-state index in [0.717, 1.165) is 6.42 Å². The van der Waals surface area contributed by atoms with Gasteiger partial charge in [0, 0.05) is 24.3 Å². The number of carbonyl (C=O) groups is 2. The zero-order valence-corrected chi connectivity index (χ0v) is 9.47. The number of hydrogen-bond donors (Lipinski definition) is 0. The van der Waals surface area contributed by atoms with Gasteiger partial charge in [-0.1, -0.05) is 0 Å². The number of carbonyl (C=O) groups excluding carboxylic acids is 2. The molecule has 0 spiro atoms. The predicted molar refractivity (Wildman–Crippen MR) is 54.2 cm³/mol. The quantitative estimate of drug-likeness (QED) is 0.644. The van der Waals surface area contributed by atoms with Crippen LogP contribution in [0.15, 0.2) is 0 Å². The predicted octanol–water partition coefficient (Wildman–Crippen LogP) is 0.415. The molecule has 2 heterocycles. The molecule has 1 amide bonds. The van der Waals surface area contributed by atoms with Crippen LogP contribution in [0, 0.1) is 23.7 Å². The van der Waals surface area contributed by atoms with Crippen molar-refractivity contribution in [3.05, 3.63) is 0 Å². The molecule has 2 saturated heterocycles. The Morgan fingerprint density at radius 3 is 2.94 bits per heavy atom. The van der Waals surface area contributed by atoms with Crippen LogP contribution in [0.5, 0.6) is 0 Å². The Labute approximate surface area is 93.9 Å². The number of Topliss-reactive ketones (excluding diaryl/α,β-unsaturated/α-hetero) is 1. The lowest BCUT2D eigenvalue weighted by molar-refractivity contribution is -0.166. The Hall–Kier alpha value is -0.900. The van der Waals surface area contributed by atoms with Gasteiger partial charge in [-0.2, -0.15) is 0 Å². The van der Waals surface area contributed by atoms with Crippen molar-refractivity contribution < 1.29 is 14.3 Å². The number of ketones is 1. The summed E-state index contributed by atoms with van der Waals surface area (Å²) in [5.41, 5.74) is -0.493. The first kappa shape index (κ1) is 9.16. The van der Waals surface area contributed by atoms with Gasteiger partial charge in [0.1, 0.15) is 11.8 Å². The second-order valence-corrected chi connectivity index (χ2v) is 5.64. The van der Waals surface area contributed by atoms with Crippen LogP contribution in [0.25, 0.3) is 0 Å². The van der Waals surface area contributed by atoms with E-state index in [1.165, 1.54) is 0 Å². The van der Waals surface area contributed by atoms with Gasteiger partial charge in [-0.05, 0) is 20.3 Å². The van der Waals surface area contributed by atoms with Crippen molar-refractivity contribution in [3.63, 3.8) is 0 Å². The molecule has 4 heteroatoms. The molecule has 0 aromatic rings. The molecule has 2 bridgehead atoms. The first-order valence-corrected chi connectivity index (χ1v) is 6.12. The van der Waals surface area contributed by atoms with Gasteiger partial charge in [0.15, 0.2) is 5.78 Å². The summed E-state index contributed by atoms with van der Waals surface area (Å²) >= 11 is 0. The average molecular weight is 221 g/mol. The molecule has 0 aromatic heterocycles. The zero-order valence-electron chi connectivity index (χ0n) is 9.47. The minimum Gasteiger partial charge on any atom is -0.344 e. The lowest BCUT2D eigenvalue weighted by Gasteiger charge is -2.34. The van der Waals surface area contributed by atoms with Crippen molar-refractivity contribution in [1.29, 1.82) is 0 Å². The Morgan fingerprint density at radius 1 is 1.50 bits per heavy atom. The normalized spacial score (nSPS) is 56.9. The maximum atomic E-state index is 12.3. The summed E-state index contributed by atoms with van der Waals surface area (Å²) in [6, 6.07) is 0. The van der Waals surface area contributed by atoms with Gasteiger partial charge < -0.3 is 9.64 Å². The fourth-order valence-electron chi connectivity index (χ4n) is 4.78. The molecule has 6 unspecified atom stereocenters. The fraction of sp³-hybridized carbons (Fsp3) is 0.833. The van der Waals surface area contributed by atoms with Crippen LogP contribution in [0.1, 0.15) is 20.3 Å². The lowest BCUT2D eigenvalue weighted by Crippen LogP contribution is -2.48. The second-order valence-electron chi connectivity index (χ2n) is 5.64. The van der Waals surface area contributed by atoms with E-state index >= 15 is 0 Å². The average Bonchev–Trinajstić information content (AvgIpc) is 2.86. The highest BCUT2D eigenvalue weighted by molar-refractivity contribution is 5.98. The van der Waals surface area contributed by atoms with Crippen LogP contribution in [-0.2, 0) is 14.3 Å². The van der Waals surface area contributed by atoms with Crippen molar-refractivity contribution in [1.82, 2.24) is 4.90 Å². The molecule has 4 nitrogen and oxygen atoms in total. The number of amides is 1. The van der Waals surface area contributed by atoms with E-state index in [9.17, 15) is 9.59 Å². The highest BCUT2D eigenvalue weighted by Gasteiger charge is 2.76. The third kappa shape index (κ3) is 0.655. The topological polar surface area (TPSA) is 46.6 Å². The van der Waals surface area contributed by atoms with Gasteiger partial charge in [-0.3, -0.25) is 9.59 Å². The third-order valence-corrected chi connectivity index (χ3v) is 5.23. The zero-order chi connectivity index (χ0) is 11.2. The van der Waals surface area contributed by atoms with Crippen LogP contribution >= 0.6 is 0 Å². The van der Waals surface area contributed by atoms with Crippen molar-refractivity contribution >= 4 is 11.7 Å². The van der Waals surface area contributed by atoms with Crippen molar-refractivity contribution in [2.24, 2.45) is 23.7 Å². The van der Waals surface area contributed by atoms with Gasteiger partial charge in [-0.15, -0.1) is 0 Å². The van der Waals surface area contributed by atoms with Crippen LogP contribution in [0.2, 0.25) is 0 Å². The van der Waals surface area contributed by atoms with Crippen molar-refractivity contribution in [3.8, 4) is 0 Å². The van der Waals surface area contributed by atoms with Crippen LogP contribution in [0.4, 0.5) is 0 Å². The van der Waals surface area contributed by atoms with Gasteiger partial charge >= 0.3 is 0 Å². The highest BCUT2D eigenvalue weighted by atomic mass is 16.5. The molecule has 6 atom stereocenters. The number of hydrogen-bond acceptors (Lipinski definition) is 3. The summed E-state index contributed by atoms with van der Waals surface area (Å²) in [5.74, 6) is 0.820. The number of nitrogens with zero attached hydrogens (tertiary/aromatic N) is 1. The maximum Gasteiger partial charge on any atom is 0.229 e. The summed E-state index contributed by atoms with van der Waals surface area (Å²) in [5, 5.41) is 0. The molecule has 4 fully saturated rings. The molecule has 16 heavy (non-hydrogen) atoms. The number of likely N-dealkylation sites (tertiary alicyclic amines) is 1. The standard InChI is InChI=1S/C12H15NO3/c1-3-13-11(15)7-5-4-6-8(7)12(13,2)16-10(6)9(5)14/h5-8,10H,3-4H2,1-2H3. The molecule has 0 aromatic carbocycles. The number of fused-ring (bicyclic) bond motifs is 2. The van der Waals surface area contributed by atoms with E-state index in [4.69, 9.17) is 4.74 Å². The summed E-state index contributed by atoms with van der Waals surface area (Å²) in [4.78, 5) is 26.1. The Bertz CT molecular complexity index is 420. The second kappa shape index (κ2) is 2.35. The molecular formula is C12H15NO3. The largest absolute Gasteiger partial charge is 0.344 e.